The van der Waals surface area contributed by atoms with E-state index in [4.69, 9.17) is 0 Å². The molecule has 0 radical (unpaired) electrons. The second-order valence-electron chi connectivity index (χ2n) is 4.04. The zero-order chi connectivity index (χ0) is 11.8. The van der Waals surface area contributed by atoms with E-state index in [1.807, 2.05) is 6.92 Å². The highest BCUT2D eigenvalue weighted by Gasteiger charge is 1.89. The lowest BCUT2D eigenvalue weighted by Crippen LogP contribution is -1.84. The maximum atomic E-state index is 10.0. The normalized spacial score (nSPS) is 9.13. The monoisotopic (exact) mass is 206 g/mol. The molecule has 0 aromatic heterocycles. The zero-order valence-corrected chi connectivity index (χ0v) is 10.6. The third kappa shape index (κ3) is 6.89. The summed E-state index contributed by atoms with van der Waals surface area (Å²) in [4.78, 5) is 10.0. The molecule has 0 saturated heterocycles. The Balaban J connectivity index is 0.000000288. The molecule has 0 amide bonds. The second kappa shape index (κ2) is 7.22. The van der Waals surface area contributed by atoms with Crippen LogP contribution in [0.3, 0.4) is 0 Å². The molecular formula is C14H22O. The number of hydrogen-bond donors (Lipinski definition) is 0. The van der Waals surface area contributed by atoms with Crippen molar-refractivity contribution in [2.24, 2.45) is 0 Å². The molecular weight excluding hydrogens is 184 g/mol. The van der Waals surface area contributed by atoms with Crippen molar-refractivity contribution in [3.63, 3.8) is 0 Å². The summed E-state index contributed by atoms with van der Waals surface area (Å²) >= 11 is 0. The van der Waals surface area contributed by atoms with Crippen molar-refractivity contribution in [1.82, 2.24) is 0 Å². The molecule has 0 aliphatic heterocycles. The van der Waals surface area contributed by atoms with Crippen LogP contribution in [-0.2, 0) is 4.79 Å². The molecule has 1 aromatic rings. The van der Waals surface area contributed by atoms with Gasteiger partial charge in [0.15, 0.2) is 0 Å². The fourth-order valence-corrected chi connectivity index (χ4v) is 1.24. The fraction of sp³-hybridized carbons (Fsp3) is 0.500. The van der Waals surface area contributed by atoms with E-state index in [-0.39, 0.29) is 5.78 Å². The average molecular weight is 206 g/mol. The van der Waals surface area contributed by atoms with E-state index in [2.05, 4.69) is 39.0 Å². The predicted molar refractivity (Wildman–Crippen MR) is 66.2 cm³/mol. The second-order valence-corrected chi connectivity index (χ2v) is 4.04. The minimum absolute atomic E-state index is 0.289. The number of hydrogen-bond acceptors (Lipinski definition) is 1. The Hall–Kier alpha value is -1.11. The molecule has 0 aliphatic carbocycles. The summed E-state index contributed by atoms with van der Waals surface area (Å²) in [6, 6.07) is 6.50. The molecule has 0 N–H and O–H groups in total. The Bertz CT molecular complexity index is 313. The first kappa shape index (κ1) is 13.9. The zero-order valence-electron chi connectivity index (χ0n) is 10.6. The molecule has 0 saturated carbocycles. The fourth-order valence-electron chi connectivity index (χ4n) is 1.24. The molecule has 1 rings (SSSR count). The van der Waals surface area contributed by atoms with Crippen LogP contribution in [0.15, 0.2) is 18.2 Å². The molecule has 0 bridgehead atoms. The lowest BCUT2D eigenvalue weighted by atomic mass is 10.1. The van der Waals surface area contributed by atoms with E-state index in [0.717, 1.165) is 12.8 Å². The maximum absolute atomic E-state index is 10.0. The Kier molecular flexibility index (Phi) is 6.68. The first-order valence-electron chi connectivity index (χ1n) is 5.50. The van der Waals surface area contributed by atoms with E-state index < -0.39 is 0 Å². The van der Waals surface area contributed by atoms with E-state index in [1.165, 1.54) is 16.7 Å². The lowest BCUT2D eigenvalue weighted by Gasteiger charge is -1.98. The van der Waals surface area contributed by atoms with Gasteiger partial charge in [-0.2, -0.15) is 0 Å². The quantitative estimate of drug-likeness (QED) is 0.715. The van der Waals surface area contributed by atoms with Gasteiger partial charge in [0.2, 0.25) is 0 Å². The highest BCUT2D eigenvalue weighted by Crippen LogP contribution is 2.07. The van der Waals surface area contributed by atoms with Gasteiger partial charge in [-0.3, -0.25) is 0 Å². The van der Waals surface area contributed by atoms with Gasteiger partial charge in [0, 0.05) is 6.42 Å². The highest BCUT2D eigenvalue weighted by atomic mass is 16.1. The third-order valence-corrected chi connectivity index (χ3v) is 2.26. The first-order valence-corrected chi connectivity index (χ1v) is 5.50. The van der Waals surface area contributed by atoms with Crippen molar-refractivity contribution < 1.29 is 4.79 Å². The Labute approximate surface area is 93.5 Å². The molecule has 15 heavy (non-hydrogen) atoms. The van der Waals surface area contributed by atoms with E-state index in [0.29, 0.717) is 0 Å². The number of benzene rings is 1. The van der Waals surface area contributed by atoms with E-state index >= 15 is 0 Å². The lowest BCUT2D eigenvalue weighted by molar-refractivity contribution is -0.117. The van der Waals surface area contributed by atoms with Crippen LogP contribution in [-0.4, -0.2) is 5.78 Å². The number of aryl methyl sites for hydroxylation is 3. The third-order valence-electron chi connectivity index (χ3n) is 2.26. The number of Topliss-reactive ketones (excluding diaryl/α,β-unsaturated/α-hetero) is 1. The van der Waals surface area contributed by atoms with Gasteiger partial charge >= 0.3 is 0 Å². The molecule has 0 spiro atoms. The van der Waals surface area contributed by atoms with Gasteiger partial charge in [-0.05, 0) is 45.2 Å². The van der Waals surface area contributed by atoms with Crippen molar-refractivity contribution in [1.29, 1.82) is 0 Å². The molecule has 1 nitrogen and oxygen atoms in total. The minimum Gasteiger partial charge on any atom is -0.300 e. The molecule has 0 atom stereocenters. The van der Waals surface area contributed by atoms with Crippen LogP contribution in [0.1, 0.15) is 43.4 Å². The Morgan fingerprint density at radius 1 is 1.13 bits per heavy atom. The smallest absolute Gasteiger partial charge is 0.129 e. The SMILES string of the molecule is CCCC(C)=O.Cc1ccc(C)c(C)c1. The summed E-state index contributed by atoms with van der Waals surface area (Å²) in [6.07, 6.45) is 1.72. The highest BCUT2D eigenvalue weighted by molar-refractivity contribution is 5.75. The Morgan fingerprint density at radius 2 is 1.73 bits per heavy atom. The van der Waals surface area contributed by atoms with Crippen LogP contribution < -0.4 is 0 Å². The summed E-state index contributed by atoms with van der Waals surface area (Å²) in [7, 11) is 0. The molecule has 0 aliphatic rings. The maximum Gasteiger partial charge on any atom is 0.129 e. The summed E-state index contributed by atoms with van der Waals surface area (Å²) < 4.78 is 0. The van der Waals surface area contributed by atoms with Crippen molar-refractivity contribution in [3.8, 4) is 0 Å². The van der Waals surface area contributed by atoms with Crippen LogP contribution in [0.5, 0.6) is 0 Å². The Morgan fingerprint density at radius 3 is 2.00 bits per heavy atom. The summed E-state index contributed by atoms with van der Waals surface area (Å²) in [5, 5.41) is 0. The summed E-state index contributed by atoms with van der Waals surface area (Å²) in [5.41, 5.74) is 4.11. The first-order chi connectivity index (χ1) is 6.97. The van der Waals surface area contributed by atoms with Crippen molar-refractivity contribution in [2.75, 3.05) is 0 Å². The van der Waals surface area contributed by atoms with Crippen LogP contribution >= 0.6 is 0 Å². The molecule has 0 fully saturated rings. The summed E-state index contributed by atoms with van der Waals surface area (Å²) in [5.74, 6) is 0.289. The van der Waals surface area contributed by atoms with Crippen LogP contribution in [0.4, 0.5) is 0 Å². The standard InChI is InChI=1S/C9H12.C5H10O/c1-7-4-5-8(2)9(3)6-7;1-3-4-5(2)6/h4-6H,1-3H3;3-4H2,1-2H3. The van der Waals surface area contributed by atoms with E-state index in [9.17, 15) is 4.79 Å². The van der Waals surface area contributed by atoms with Gasteiger partial charge in [-0.15, -0.1) is 0 Å². The molecule has 0 unspecified atom stereocenters. The van der Waals surface area contributed by atoms with Crippen LogP contribution in [0.25, 0.3) is 0 Å². The van der Waals surface area contributed by atoms with Gasteiger partial charge < -0.3 is 4.79 Å². The van der Waals surface area contributed by atoms with Crippen molar-refractivity contribution in [2.45, 2.75) is 47.5 Å². The average Bonchev–Trinajstić information content (AvgIpc) is 2.13. The van der Waals surface area contributed by atoms with Crippen LogP contribution in [0.2, 0.25) is 0 Å². The number of rotatable bonds is 2. The molecule has 0 heterocycles. The number of ketones is 1. The van der Waals surface area contributed by atoms with Gasteiger partial charge in [0.25, 0.3) is 0 Å². The van der Waals surface area contributed by atoms with Gasteiger partial charge in [-0.1, -0.05) is 30.7 Å². The van der Waals surface area contributed by atoms with Crippen molar-refractivity contribution in [3.05, 3.63) is 34.9 Å². The molecule has 84 valence electrons. The van der Waals surface area contributed by atoms with Gasteiger partial charge in [0.05, 0.1) is 0 Å². The number of carbonyl (C=O) groups is 1. The van der Waals surface area contributed by atoms with E-state index in [1.54, 1.807) is 6.92 Å². The predicted octanol–water partition coefficient (Wildman–Crippen LogP) is 3.99. The molecule has 1 aromatic carbocycles. The van der Waals surface area contributed by atoms with Crippen LogP contribution in [0, 0.1) is 20.8 Å². The molecule has 1 heteroatoms. The summed E-state index contributed by atoms with van der Waals surface area (Å²) in [6.45, 7) is 10.0. The largest absolute Gasteiger partial charge is 0.300 e. The topological polar surface area (TPSA) is 17.1 Å². The van der Waals surface area contributed by atoms with Gasteiger partial charge in [-0.25, -0.2) is 0 Å². The number of carbonyl (C=O) groups excluding carboxylic acids is 1. The van der Waals surface area contributed by atoms with Gasteiger partial charge in [0.1, 0.15) is 5.78 Å². The van der Waals surface area contributed by atoms with Crippen molar-refractivity contribution >= 4 is 5.78 Å². The minimum atomic E-state index is 0.289.